The fourth-order valence-electron chi connectivity index (χ4n) is 2.66. The average Bonchev–Trinajstić information content (AvgIpc) is 2.54. The Balaban J connectivity index is 0. The number of nitrogens with zero attached hydrogens (tertiary/aromatic N) is 1. The second-order valence-electron chi connectivity index (χ2n) is 5.22. The summed E-state index contributed by atoms with van der Waals surface area (Å²) in [5.41, 5.74) is 0.213. The molecule has 2 nitrogen and oxygen atoms in total. The van der Waals surface area contributed by atoms with Gasteiger partial charge in [0.25, 0.3) is 0 Å². The van der Waals surface area contributed by atoms with Crippen LogP contribution in [0.1, 0.15) is 67.2 Å². The molecule has 0 saturated carbocycles. The van der Waals surface area contributed by atoms with E-state index in [1.54, 1.807) is 0 Å². The maximum absolute atomic E-state index is 7.74. The molecule has 1 N–H and O–H groups in total. The van der Waals surface area contributed by atoms with Crippen LogP contribution in [0.3, 0.4) is 0 Å². The van der Waals surface area contributed by atoms with Crippen molar-refractivity contribution < 1.29 is 31.1 Å². The third-order valence-corrected chi connectivity index (χ3v) is 3.33. The molecule has 0 aliphatic carbocycles. The van der Waals surface area contributed by atoms with Gasteiger partial charge in [-0.05, 0) is 39.5 Å². The van der Waals surface area contributed by atoms with Crippen LogP contribution in [-0.2, 0) is 0 Å². The van der Waals surface area contributed by atoms with E-state index in [-0.39, 0.29) is 36.7 Å². The van der Waals surface area contributed by atoms with E-state index in [1.807, 2.05) is 20.8 Å². The Kier molecular flexibility index (Phi) is 11.0. The smallest absolute Gasteiger partial charge is 0.0930 e. The van der Waals surface area contributed by atoms with Crippen LogP contribution >= 0.6 is 0 Å². The second kappa shape index (κ2) is 9.45. The van der Waals surface area contributed by atoms with E-state index in [2.05, 4.69) is 25.7 Å². The van der Waals surface area contributed by atoms with Crippen LogP contribution in [0.4, 0.5) is 0 Å². The van der Waals surface area contributed by atoms with Gasteiger partial charge >= 0.3 is 0 Å². The zero-order valence-corrected chi connectivity index (χ0v) is 16.7. The summed E-state index contributed by atoms with van der Waals surface area (Å²) < 4.78 is 0. The Labute approximate surface area is 132 Å². The van der Waals surface area contributed by atoms with Crippen molar-refractivity contribution in [3.63, 3.8) is 0 Å². The maximum atomic E-state index is 7.74. The topological polar surface area (TPSA) is 27.1 Å². The molecule has 1 aliphatic rings. The van der Waals surface area contributed by atoms with Crippen molar-refractivity contribution in [2.75, 3.05) is 6.54 Å². The summed E-state index contributed by atoms with van der Waals surface area (Å²) in [4.78, 5) is 2.26. The van der Waals surface area contributed by atoms with Gasteiger partial charge in [0.2, 0.25) is 0 Å². The Morgan fingerprint density at radius 2 is 1.88 bits per heavy atom. The summed E-state index contributed by atoms with van der Waals surface area (Å²) in [5, 5.41) is 7.74. The summed E-state index contributed by atoms with van der Waals surface area (Å²) in [6.45, 7) is 13.8. The summed E-state index contributed by atoms with van der Waals surface area (Å²) in [6.07, 6.45) is 5.22. The first-order valence-corrected chi connectivity index (χ1v) is 6.80. The fraction of sp³-hybridized carbons (Fsp3) is 0.929. The van der Waals surface area contributed by atoms with Gasteiger partial charge < -0.3 is 4.90 Å². The molecular formula is C14H30N2U. The zero-order chi connectivity index (χ0) is 12.8. The zero-order valence-electron chi connectivity index (χ0n) is 12.6. The molecule has 1 aliphatic heterocycles. The molecule has 0 bridgehead atoms. The Morgan fingerprint density at radius 1 is 1.35 bits per heavy atom. The number of nitrogens with one attached hydrogen (secondary N) is 1. The first-order chi connectivity index (χ1) is 7.47. The first-order valence-electron chi connectivity index (χ1n) is 6.80. The molecule has 0 aromatic rings. The van der Waals surface area contributed by atoms with Crippen molar-refractivity contribution in [3.8, 4) is 0 Å². The Bertz CT molecular complexity index is 214. The van der Waals surface area contributed by atoms with Gasteiger partial charge in [0.15, 0.2) is 0 Å². The molecule has 100 valence electrons. The molecule has 0 aromatic carbocycles. The number of rotatable bonds is 3. The van der Waals surface area contributed by atoms with E-state index in [0.717, 1.165) is 18.3 Å². The Morgan fingerprint density at radius 3 is 2.24 bits per heavy atom. The summed E-state index contributed by atoms with van der Waals surface area (Å²) >= 11 is 0. The molecule has 0 unspecified atom stereocenters. The largest absolute Gasteiger partial charge is 0.355 e. The molecule has 1 saturated heterocycles. The molecule has 1 atom stereocenters. The maximum Gasteiger partial charge on any atom is 0.0930 e. The Hall–Kier alpha value is 0.522. The van der Waals surface area contributed by atoms with Gasteiger partial charge in [-0.2, -0.15) is 0 Å². The fourth-order valence-corrected chi connectivity index (χ4v) is 2.66. The minimum Gasteiger partial charge on any atom is -0.355 e. The van der Waals surface area contributed by atoms with Crippen LogP contribution in [0.15, 0.2) is 0 Å². The predicted molar refractivity (Wildman–Crippen MR) is 73.2 cm³/mol. The van der Waals surface area contributed by atoms with Gasteiger partial charge in [0.05, 0.1) is 5.84 Å². The van der Waals surface area contributed by atoms with E-state index in [0.29, 0.717) is 0 Å². The summed E-state index contributed by atoms with van der Waals surface area (Å²) in [5.74, 6) is 1.54. The van der Waals surface area contributed by atoms with Gasteiger partial charge in [-0.3, -0.25) is 5.41 Å². The van der Waals surface area contributed by atoms with Crippen LogP contribution in [-0.4, -0.2) is 22.8 Å². The SMILES string of the molecule is CC.CCCC[C@@H]1CN(C(C)=N)C(C)(C)C1.[U]. The molecule has 17 heavy (non-hydrogen) atoms. The van der Waals surface area contributed by atoms with Gasteiger partial charge in [-0.1, -0.05) is 33.6 Å². The molecule has 1 rings (SSSR count). The monoisotopic (exact) mass is 464 g/mol. The number of hydrogen-bond acceptors (Lipinski definition) is 1. The first kappa shape index (κ1) is 19.9. The minimum absolute atomic E-state index is 0. The van der Waals surface area contributed by atoms with Crippen LogP contribution in [0.25, 0.3) is 0 Å². The second-order valence-corrected chi connectivity index (χ2v) is 5.22. The normalized spacial score (nSPS) is 21.3. The van der Waals surface area contributed by atoms with Crippen molar-refractivity contribution in [1.29, 1.82) is 5.41 Å². The van der Waals surface area contributed by atoms with Crippen molar-refractivity contribution in [2.45, 2.75) is 72.8 Å². The van der Waals surface area contributed by atoms with E-state index in [4.69, 9.17) is 5.41 Å². The molecule has 3 heteroatoms. The van der Waals surface area contributed by atoms with Gasteiger partial charge in [0, 0.05) is 43.2 Å². The van der Waals surface area contributed by atoms with Crippen molar-refractivity contribution >= 4 is 5.84 Å². The molecule has 0 radical (unpaired) electrons. The van der Waals surface area contributed by atoms with Crippen LogP contribution in [0.2, 0.25) is 0 Å². The standard InChI is InChI=1S/C12H24N2.C2H6.U/c1-5-6-7-11-8-12(3,4)14(9-11)10(2)13;1-2;/h11,13H,5-9H2,1-4H3;1-2H3;/t11-;;/m0../s1. The molecule has 0 aromatic heterocycles. The van der Waals surface area contributed by atoms with E-state index >= 15 is 0 Å². The van der Waals surface area contributed by atoms with Crippen molar-refractivity contribution in [2.24, 2.45) is 5.92 Å². The van der Waals surface area contributed by atoms with Crippen molar-refractivity contribution in [3.05, 3.63) is 0 Å². The molecule has 0 amide bonds. The third-order valence-electron chi connectivity index (χ3n) is 3.33. The molecular weight excluding hydrogens is 434 g/mol. The predicted octanol–water partition coefficient (Wildman–Crippen LogP) is 4.30. The molecule has 1 fully saturated rings. The van der Waals surface area contributed by atoms with Gasteiger partial charge in [-0.15, -0.1) is 0 Å². The number of likely N-dealkylation sites (tertiary alicyclic amines) is 1. The van der Waals surface area contributed by atoms with E-state index < -0.39 is 0 Å². The van der Waals surface area contributed by atoms with Gasteiger partial charge in [0.1, 0.15) is 0 Å². The number of hydrogen-bond donors (Lipinski definition) is 1. The average molecular weight is 464 g/mol. The third kappa shape index (κ3) is 6.30. The van der Waals surface area contributed by atoms with E-state index in [9.17, 15) is 0 Å². The van der Waals surface area contributed by atoms with Gasteiger partial charge in [-0.25, -0.2) is 0 Å². The van der Waals surface area contributed by atoms with Crippen molar-refractivity contribution in [1.82, 2.24) is 4.90 Å². The van der Waals surface area contributed by atoms with Crippen LogP contribution < -0.4 is 0 Å². The van der Waals surface area contributed by atoms with Crippen LogP contribution in [0.5, 0.6) is 0 Å². The molecule has 1 heterocycles. The minimum atomic E-state index is 0. The quantitative estimate of drug-likeness (QED) is 0.490. The van der Waals surface area contributed by atoms with Crippen LogP contribution in [0, 0.1) is 42.4 Å². The molecule has 0 spiro atoms. The summed E-state index contributed by atoms with van der Waals surface area (Å²) in [7, 11) is 0. The van der Waals surface area contributed by atoms with E-state index in [1.165, 1.54) is 25.7 Å². The number of amidine groups is 1. The summed E-state index contributed by atoms with van der Waals surface area (Å²) in [6, 6.07) is 0. The number of unbranched alkanes of at least 4 members (excludes halogenated alkanes) is 1.